The summed E-state index contributed by atoms with van der Waals surface area (Å²) in [5, 5.41) is 3.47. The Hall–Kier alpha value is -0.820. The van der Waals surface area contributed by atoms with Crippen LogP contribution < -0.4 is 5.32 Å². The van der Waals surface area contributed by atoms with E-state index < -0.39 is 0 Å². The van der Waals surface area contributed by atoms with Gasteiger partial charge in [0.05, 0.1) is 0 Å². The number of nitrogens with one attached hydrogen (secondary N) is 1. The summed E-state index contributed by atoms with van der Waals surface area (Å²) in [4.78, 5) is 0. The van der Waals surface area contributed by atoms with Crippen molar-refractivity contribution in [3.8, 4) is 0 Å². The number of hydrogen-bond donors (Lipinski definition) is 1. The molecule has 0 aromatic heterocycles. The highest BCUT2D eigenvalue weighted by Crippen LogP contribution is 2.33. The molecule has 1 heteroatoms. The van der Waals surface area contributed by atoms with Crippen molar-refractivity contribution >= 4 is 0 Å². The Kier molecular flexibility index (Phi) is 5.45. The van der Waals surface area contributed by atoms with Crippen LogP contribution in [0.5, 0.6) is 0 Å². The minimum atomic E-state index is 0.491. The van der Waals surface area contributed by atoms with Gasteiger partial charge >= 0.3 is 0 Å². The molecule has 2 rings (SSSR count). The van der Waals surface area contributed by atoms with Crippen molar-refractivity contribution in [3.05, 3.63) is 35.4 Å². The molecule has 1 aliphatic rings. The van der Waals surface area contributed by atoms with Crippen molar-refractivity contribution in [2.75, 3.05) is 7.05 Å². The lowest BCUT2D eigenvalue weighted by Gasteiger charge is -2.25. The highest BCUT2D eigenvalue weighted by molar-refractivity contribution is 5.28. The molecule has 0 heterocycles. The minimum absolute atomic E-state index is 0.491. The third-order valence-corrected chi connectivity index (χ3v) is 4.90. The molecule has 1 saturated carbocycles. The first-order valence-corrected chi connectivity index (χ1v) is 8.03. The van der Waals surface area contributed by atoms with E-state index in [4.69, 9.17) is 0 Å². The molecule has 1 fully saturated rings. The lowest BCUT2D eigenvalue weighted by molar-refractivity contribution is 0.400. The van der Waals surface area contributed by atoms with Crippen molar-refractivity contribution < 1.29 is 0 Å². The van der Waals surface area contributed by atoms with Gasteiger partial charge in [-0.15, -0.1) is 0 Å². The predicted octanol–water partition coefficient (Wildman–Crippen LogP) is 5.04. The topological polar surface area (TPSA) is 12.0 Å². The molecule has 2 unspecified atom stereocenters. The molecule has 0 saturated heterocycles. The van der Waals surface area contributed by atoms with E-state index in [0.717, 1.165) is 5.92 Å². The molecular weight excluding hydrogens is 230 g/mol. The maximum absolute atomic E-state index is 3.47. The van der Waals surface area contributed by atoms with Gasteiger partial charge < -0.3 is 5.32 Å². The van der Waals surface area contributed by atoms with E-state index in [1.807, 2.05) is 0 Å². The van der Waals surface area contributed by atoms with Crippen LogP contribution in [0.2, 0.25) is 0 Å². The summed E-state index contributed by atoms with van der Waals surface area (Å²) < 4.78 is 0. The summed E-state index contributed by atoms with van der Waals surface area (Å²) in [6.07, 6.45) is 8.26. The van der Waals surface area contributed by atoms with Gasteiger partial charge in [0, 0.05) is 6.04 Å². The fraction of sp³-hybridized carbons (Fsp3) is 0.667. The van der Waals surface area contributed by atoms with Gasteiger partial charge in [-0.3, -0.25) is 0 Å². The van der Waals surface area contributed by atoms with Gasteiger partial charge in [0.15, 0.2) is 0 Å². The number of hydrogen-bond acceptors (Lipinski definition) is 1. The van der Waals surface area contributed by atoms with E-state index in [9.17, 15) is 0 Å². The van der Waals surface area contributed by atoms with Crippen LogP contribution in [-0.4, -0.2) is 7.05 Å². The van der Waals surface area contributed by atoms with Crippen LogP contribution in [0.4, 0.5) is 0 Å². The molecule has 2 atom stereocenters. The van der Waals surface area contributed by atoms with Crippen molar-refractivity contribution in [1.29, 1.82) is 0 Å². The zero-order chi connectivity index (χ0) is 13.7. The van der Waals surface area contributed by atoms with Gasteiger partial charge in [0.2, 0.25) is 0 Å². The first-order valence-electron chi connectivity index (χ1n) is 8.03. The van der Waals surface area contributed by atoms with E-state index in [2.05, 4.69) is 50.5 Å². The zero-order valence-electron chi connectivity index (χ0n) is 12.8. The summed E-state index contributed by atoms with van der Waals surface area (Å²) in [6.45, 7) is 4.60. The standard InChI is InChI=1S/C18H29N/c1-4-14(2)18(19-3)17-12-10-16(11-13-17)15-8-6-5-7-9-15/h10-15,18-19H,4-9H2,1-3H3. The molecule has 0 spiro atoms. The van der Waals surface area contributed by atoms with Gasteiger partial charge in [0.1, 0.15) is 0 Å². The quantitative estimate of drug-likeness (QED) is 0.781. The maximum atomic E-state index is 3.47. The first-order chi connectivity index (χ1) is 9.26. The van der Waals surface area contributed by atoms with Crippen LogP contribution in [0, 0.1) is 5.92 Å². The fourth-order valence-electron chi connectivity index (χ4n) is 3.43. The molecule has 0 radical (unpaired) electrons. The Labute approximate surface area is 118 Å². The molecule has 1 aliphatic carbocycles. The van der Waals surface area contributed by atoms with Gasteiger partial charge in [-0.25, -0.2) is 0 Å². The van der Waals surface area contributed by atoms with Crippen LogP contribution in [0.25, 0.3) is 0 Å². The highest BCUT2D eigenvalue weighted by atomic mass is 14.9. The molecule has 1 nitrogen and oxygen atoms in total. The maximum Gasteiger partial charge on any atom is 0.0343 e. The third kappa shape index (κ3) is 3.60. The Morgan fingerprint density at radius 2 is 1.74 bits per heavy atom. The van der Waals surface area contributed by atoms with E-state index in [1.165, 1.54) is 44.1 Å². The van der Waals surface area contributed by atoms with Crippen molar-refractivity contribution in [1.82, 2.24) is 5.32 Å². The molecular formula is C18H29N. The number of benzene rings is 1. The lowest BCUT2D eigenvalue weighted by atomic mass is 9.83. The number of rotatable bonds is 5. The van der Waals surface area contributed by atoms with Crippen molar-refractivity contribution in [2.24, 2.45) is 5.92 Å². The monoisotopic (exact) mass is 259 g/mol. The SMILES string of the molecule is CCC(C)C(NC)c1ccc(C2CCCCC2)cc1. The van der Waals surface area contributed by atoms with Crippen LogP contribution in [0.15, 0.2) is 24.3 Å². The summed E-state index contributed by atoms with van der Waals surface area (Å²) in [7, 11) is 2.08. The normalized spacial score (nSPS) is 20.2. The average molecular weight is 259 g/mol. The van der Waals surface area contributed by atoms with E-state index in [-0.39, 0.29) is 0 Å². The zero-order valence-corrected chi connectivity index (χ0v) is 12.8. The Bertz CT molecular complexity index is 362. The fourth-order valence-corrected chi connectivity index (χ4v) is 3.43. The summed E-state index contributed by atoms with van der Waals surface area (Å²) in [5.74, 6) is 1.50. The molecule has 0 bridgehead atoms. The van der Waals surface area contributed by atoms with E-state index >= 15 is 0 Å². The van der Waals surface area contributed by atoms with Gasteiger partial charge in [-0.05, 0) is 42.9 Å². The minimum Gasteiger partial charge on any atom is -0.313 e. The predicted molar refractivity (Wildman–Crippen MR) is 83.5 cm³/mol. The van der Waals surface area contributed by atoms with E-state index in [0.29, 0.717) is 12.0 Å². The molecule has 1 aromatic carbocycles. The first kappa shape index (κ1) is 14.6. The molecule has 106 valence electrons. The Morgan fingerprint density at radius 3 is 2.26 bits per heavy atom. The summed E-state index contributed by atoms with van der Waals surface area (Å²) in [5.41, 5.74) is 3.00. The second kappa shape index (κ2) is 7.09. The van der Waals surface area contributed by atoms with Gasteiger partial charge in [-0.1, -0.05) is 63.8 Å². The van der Waals surface area contributed by atoms with Crippen LogP contribution in [0.1, 0.15) is 75.5 Å². The second-order valence-electron chi connectivity index (χ2n) is 6.15. The van der Waals surface area contributed by atoms with Crippen molar-refractivity contribution in [3.63, 3.8) is 0 Å². The third-order valence-electron chi connectivity index (χ3n) is 4.90. The molecule has 19 heavy (non-hydrogen) atoms. The second-order valence-corrected chi connectivity index (χ2v) is 6.15. The van der Waals surface area contributed by atoms with Crippen LogP contribution in [0.3, 0.4) is 0 Å². The Balaban J connectivity index is 2.08. The lowest BCUT2D eigenvalue weighted by Crippen LogP contribution is -2.23. The van der Waals surface area contributed by atoms with Crippen LogP contribution in [-0.2, 0) is 0 Å². The highest BCUT2D eigenvalue weighted by Gasteiger charge is 2.18. The molecule has 0 amide bonds. The average Bonchev–Trinajstić information content (AvgIpc) is 2.49. The van der Waals surface area contributed by atoms with Crippen LogP contribution >= 0.6 is 0 Å². The molecule has 1 aromatic rings. The van der Waals surface area contributed by atoms with E-state index in [1.54, 1.807) is 5.56 Å². The van der Waals surface area contributed by atoms with Crippen molar-refractivity contribution in [2.45, 2.75) is 64.3 Å². The molecule has 0 aliphatic heterocycles. The van der Waals surface area contributed by atoms with Gasteiger partial charge in [0.25, 0.3) is 0 Å². The Morgan fingerprint density at radius 1 is 1.11 bits per heavy atom. The summed E-state index contributed by atoms with van der Waals surface area (Å²) >= 11 is 0. The van der Waals surface area contributed by atoms with Gasteiger partial charge in [-0.2, -0.15) is 0 Å². The largest absolute Gasteiger partial charge is 0.313 e. The summed E-state index contributed by atoms with van der Waals surface area (Å²) in [6, 6.07) is 9.93. The molecule has 1 N–H and O–H groups in total. The smallest absolute Gasteiger partial charge is 0.0343 e.